The van der Waals surface area contributed by atoms with Crippen molar-refractivity contribution in [2.75, 3.05) is 26.7 Å². The number of hydrogen-bond acceptors (Lipinski definition) is 2. The van der Waals surface area contributed by atoms with Crippen LogP contribution < -0.4 is 5.32 Å². The predicted molar refractivity (Wildman–Crippen MR) is 67.1 cm³/mol. The van der Waals surface area contributed by atoms with Crippen molar-refractivity contribution in [1.29, 1.82) is 0 Å². The molecule has 0 spiro atoms. The van der Waals surface area contributed by atoms with Crippen LogP contribution in [0.4, 0.5) is 0 Å². The first-order valence-corrected chi connectivity index (χ1v) is 6.00. The molecule has 0 aromatic carbocycles. The SMILES string of the molecule is C=C/C=C(\CC)CN1CCC(NC)CC1. The lowest BCUT2D eigenvalue weighted by Crippen LogP contribution is -2.41. The topological polar surface area (TPSA) is 15.3 Å². The Balaban J connectivity index is 2.34. The van der Waals surface area contributed by atoms with E-state index < -0.39 is 0 Å². The van der Waals surface area contributed by atoms with Gasteiger partial charge in [0.2, 0.25) is 0 Å². The summed E-state index contributed by atoms with van der Waals surface area (Å²) in [4.78, 5) is 2.55. The summed E-state index contributed by atoms with van der Waals surface area (Å²) in [5.74, 6) is 0. The van der Waals surface area contributed by atoms with E-state index in [1.54, 1.807) is 0 Å². The highest BCUT2D eigenvalue weighted by Crippen LogP contribution is 2.13. The summed E-state index contributed by atoms with van der Waals surface area (Å²) in [5.41, 5.74) is 1.49. The molecule has 0 saturated carbocycles. The van der Waals surface area contributed by atoms with Gasteiger partial charge >= 0.3 is 0 Å². The van der Waals surface area contributed by atoms with Crippen molar-refractivity contribution in [2.24, 2.45) is 0 Å². The minimum Gasteiger partial charge on any atom is -0.317 e. The third kappa shape index (κ3) is 4.18. The van der Waals surface area contributed by atoms with Crippen molar-refractivity contribution >= 4 is 0 Å². The van der Waals surface area contributed by atoms with Gasteiger partial charge in [0.25, 0.3) is 0 Å². The van der Waals surface area contributed by atoms with E-state index in [1.807, 2.05) is 6.08 Å². The molecule has 1 aliphatic rings. The van der Waals surface area contributed by atoms with Gasteiger partial charge in [-0.1, -0.05) is 31.2 Å². The van der Waals surface area contributed by atoms with Crippen LogP contribution in [0.3, 0.4) is 0 Å². The first kappa shape index (κ1) is 12.5. The fourth-order valence-corrected chi connectivity index (χ4v) is 2.12. The smallest absolute Gasteiger partial charge is 0.0195 e. The number of rotatable bonds is 5. The van der Waals surface area contributed by atoms with E-state index in [9.17, 15) is 0 Å². The quantitative estimate of drug-likeness (QED) is 0.697. The van der Waals surface area contributed by atoms with Crippen LogP contribution in [-0.4, -0.2) is 37.6 Å². The van der Waals surface area contributed by atoms with E-state index in [-0.39, 0.29) is 0 Å². The zero-order valence-electron chi connectivity index (χ0n) is 10.1. The number of nitrogens with one attached hydrogen (secondary N) is 1. The van der Waals surface area contributed by atoms with Crippen LogP contribution >= 0.6 is 0 Å². The van der Waals surface area contributed by atoms with E-state index >= 15 is 0 Å². The normalized spacial score (nSPS) is 20.5. The van der Waals surface area contributed by atoms with Gasteiger partial charge in [-0.15, -0.1) is 0 Å². The summed E-state index contributed by atoms with van der Waals surface area (Å²) in [7, 11) is 2.06. The van der Waals surface area contributed by atoms with Gasteiger partial charge < -0.3 is 5.32 Å². The van der Waals surface area contributed by atoms with Crippen LogP contribution in [0.1, 0.15) is 26.2 Å². The molecule has 15 heavy (non-hydrogen) atoms. The number of likely N-dealkylation sites (tertiary alicyclic amines) is 1. The Labute approximate surface area is 94.0 Å². The summed E-state index contributed by atoms with van der Waals surface area (Å²) in [5, 5.41) is 3.36. The first-order valence-electron chi connectivity index (χ1n) is 6.00. The molecule has 0 aliphatic carbocycles. The highest BCUT2D eigenvalue weighted by atomic mass is 15.1. The molecule has 1 aliphatic heterocycles. The van der Waals surface area contributed by atoms with Crippen molar-refractivity contribution in [2.45, 2.75) is 32.2 Å². The highest BCUT2D eigenvalue weighted by Gasteiger charge is 2.17. The molecule has 86 valence electrons. The second-order valence-corrected chi connectivity index (χ2v) is 4.25. The first-order chi connectivity index (χ1) is 7.30. The fourth-order valence-electron chi connectivity index (χ4n) is 2.12. The summed E-state index contributed by atoms with van der Waals surface area (Å²) >= 11 is 0. The third-order valence-electron chi connectivity index (χ3n) is 3.23. The number of allylic oxidation sites excluding steroid dienone is 2. The molecule has 0 unspecified atom stereocenters. The minimum absolute atomic E-state index is 0.731. The molecule has 0 atom stereocenters. The lowest BCUT2D eigenvalue weighted by molar-refractivity contribution is 0.215. The van der Waals surface area contributed by atoms with Crippen LogP contribution in [0, 0.1) is 0 Å². The molecule has 0 amide bonds. The van der Waals surface area contributed by atoms with E-state index in [0.717, 1.165) is 19.0 Å². The molecular weight excluding hydrogens is 184 g/mol. The minimum atomic E-state index is 0.731. The third-order valence-corrected chi connectivity index (χ3v) is 3.23. The lowest BCUT2D eigenvalue weighted by Gasteiger charge is -2.32. The molecule has 0 aromatic heterocycles. The van der Waals surface area contributed by atoms with E-state index in [1.165, 1.54) is 31.5 Å². The maximum absolute atomic E-state index is 3.76. The molecule has 1 fully saturated rings. The van der Waals surface area contributed by atoms with Crippen molar-refractivity contribution in [1.82, 2.24) is 10.2 Å². The number of piperidine rings is 1. The standard InChI is InChI=1S/C13H24N2/c1-4-6-12(5-2)11-15-9-7-13(14-3)8-10-15/h4,6,13-14H,1,5,7-11H2,2-3H3/b12-6+. The predicted octanol–water partition coefficient (Wildman–Crippen LogP) is 2.19. The Hall–Kier alpha value is -0.600. The molecule has 2 heteroatoms. The van der Waals surface area contributed by atoms with Gasteiger partial charge in [-0.2, -0.15) is 0 Å². The molecular formula is C13H24N2. The van der Waals surface area contributed by atoms with E-state index in [0.29, 0.717) is 0 Å². The second-order valence-electron chi connectivity index (χ2n) is 4.25. The molecule has 2 nitrogen and oxygen atoms in total. The Kier molecular flexibility index (Phi) is 5.66. The summed E-state index contributed by atoms with van der Waals surface area (Å²) in [6.07, 6.45) is 7.75. The largest absolute Gasteiger partial charge is 0.317 e. The van der Waals surface area contributed by atoms with E-state index in [4.69, 9.17) is 0 Å². The monoisotopic (exact) mass is 208 g/mol. The van der Waals surface area contributed by atoms with Crippen LogP contribution in [0.2, 0.25) is 0 Å². The Morgan fingerprint density at radius 2 is 2.13 bits per heavy atom. The Bertz CT molecular complexity index is 213. The van der Waals surface area contributed by atoms with Crippen molar-refractivity contribution < 1.29 is 0 Å². The molecule has 1 saturated heterocycles. The number of nitrogens with zero attached hydrogens (tertiary/aromatic N) is 1. The van der Waals surface area contributed by atoms with Gasteiger partial charge in [0.1, 0.15) is 0 Å². The van der Waals surface area contributed by atoms with E-state index in [2.05, 4.69) is 36.8 Å². The average molecular weight is 208 g/mol. The average Bonchev–Trinajstić information content (AvgIpc) is 2.29. The summed E-state index contributed by atoms with van der Waals surface area (Å²) in [6, 6.07) is 0.731. The van der Waals surface area contributed by atoms with Crippen molar-refractivity contribution in [3.63, 3.8) is 0 Å². The molecule has 0 bridgehead atoms. The number of hydrogen-bond donors (Lipinski definition) is 1. The van der Waals surface area contributed by atoms with Gasteiger partial charge in [0, 0.05) is 12.6 Å². The van der Waals surface area contributed by atoms with Crippen LogP contribution in [-0.2, 0) is 0 Å². The Morgan fingerprint density at radius 1 is 1.47 bits per heavy atom. The maximum atomic E-state index is 3.76. The van der Waals surface area contributed by atoms with Gasteiger partial charge in [-0.05, 0) is 39.4 Å². The zero-order chi connectivity index (χ0) is 11.1. The lowest BCUT2D eigenvalue weighted by atomic mass is 10.0. The van der Waals surface area contributed by atoms with Crippen LogP contribution in [0.5, 0.6) is 0 Å². The van der Waals surface area contributed by atoms with Gasteiger partial charge in [0.05, 0.1) is 0 Å². The molecule has 1 rings (SSSR count). The zero-order valence-corrected chi connectivity index (χ0v) is 10.1. The Morgan fingerprint density at radius 3 is 2.60 bits per heavy atom. The maximum Gasteiger partial charge on any atom is 0.0195 e. The van der Waals surface area contributed by atoms with Crippen molar-refractivity contribution in [3.8, 4) is 0 Å². The van der Waals surface area contributed by atoms with Crippen molar-refractivity contribution in [3.05, 3.63) is 24.3 Å². The summed E-state index contributed by atoms with van der Waals surface area (Å²) < 4.78 is 0. The van der Waals surface area contributed by atoms with Crippen LogP contribution in [0.25, 0.3) is 0 Å². The van der Waals surface area contributed by atoms with Gasteiger partial charge in [-0.25, -0.2) is 0 Å². The molecule has 1 N–H and O–H groups in total. The molecule has 0 aromatic rings. The van der Waals surface area contributed by atoms with Crippen LogP contribution in [0.15, 0.2) is 24.3 Å². The highest BCUT2D eigenvalue weighted by molar-refractivity contribution is 5.11. The van der Waals surface area contributed by atoms with Gasteiger partial charge in [-0.3, -0.25) is 4.90 Å². The summed E-state index contributed by atoms with van der Waals surface area (Å²) in [6.45, 7) is 9.55. The van der Waals surface area contributed by atoms with Gasteiger partial charge in [0.15, 0.2) is 0 Å². The molecule has 0 radical (unpaired) electrons. The molecule has 1 heterocycles. The second kappa shape index (κ2) is 6.81. The fraction of sp³-hybridized carbons (Fsp3) is 0.692.